The van der Waals surface area contributed by atoms with Crippen molar-refractivity contribution in [1.82, 2.24) is 0 Å². The lowest BCUT2D eigenvalue weighted by Crippen LogP contribution is -2.17. The van der Waals surface area contributed by atoms with Crippen LogP contribution in [0, 0.1) is 0 Å². The molecule has 0 radical (unpaired) electrons. The minimum absolute atomic E-state index is 0.0202. The van der Waals surface area contributed by atoms with Crippen molar-refractivity contribution in [1.29, 1.82) is 0 Å². The van der Waals surface area contributed by atoms with Gasteiger partial charge in [0.2, 0.25) is 0 Å². The quantitative estimate of drug-likeness (QED) is 0.889. The fourth-order valence-corrected chi connectivity index (χ4v) is 2.43. The lowest BCUT2D eigenvalue weighted by Gasteiger charge is -2.15. The van der Waals surface area contributed by atoms with Crippen molar-refractivity contribution >= 4 is 5.91 Å². The molecule has 2 aromatic carbocycles. The summed E-state index contributed by atoms with van der Waals surface area (Å²) in [5.74, 6) is 0.513. The highest BCUT2D eigenvalue weighted by atomic mass is 16.5. The summed E-state index contributed by atoms with van der Waals surface area (Å²) >= 11 is 0. The second-order valence-corrected chi connectivity index (χ2v) is 5.40. The smallest absolute Gasteiger partial charge is 0.252 e. The summed E-state index contributed by atoms with van der Waals surface area (Å²) in [5, 5.41) is 0. The van der Waals surface area contributed by atoms with Gasteiger partial charge in [-0.25, -0.2) is 0 Å². The minimum Gasteiger partial charge on any atom is -0.488 e. The Morgan fingerprint density at radius 1 is 1.22 bits per heavy atom. The molecule has 0 aromatic heterocycles. The van der Waals surface area contributed by atoms with Crippen LogP contribution in [-0.4, -0.2) is 25.2 Å². The predicted octanol–water partition coefficient (Wildman–Crippen LogP) is 2.53. The molecule has 1 aliphatic heterocycles. The van der Waals surface area contributed by atoms with Crippen molar-refractivity contribution < 1.29 is 19.0 Å². The van der Waals surface area contributed by atoms with Crippen LogP contribution in [0.25, 0.3) is 0 Å². The molecule has 2 N–H and O–H groups in total. The Labute approximate surface area is 135 Å². The van der Waals surface area contributed by atoms with E-state index in [2.05, 4.69) is 0 Å². The van der Waals surface area contributed by atoms with Gasteiger partial charge in [-0.05, 0) is 23.8 Å². The van der Waals surface area contributed by atoms with Crippen LogP contribution in [0.15, 0.2) is 48.5 Å². The van der Waals surface area contributed by atoms with Gasteiger partial charge in [0.25, 0.3) is 5.91 Å². The summed E-state index contributed by atoms with van der Waals surface area (Å²) in [6.45, 7) is 1.64. The molecule has 1 amide bonds. The highest BCUT2D eigenvalue weighted by Gasteiger charge is 2.19. The zero-order valence-corrected chi connectivity index (χ0v) is 12.7. The van der Waals surface area contributed by atoms with E-state index in [-0.39, 0.29) is 6.10 Å². The second kappa shape index (κ2) is 7.15. The maximum atomic E-state index is 11.7. The maximum Gasteiger partial charge on any atom is 0.252 e. The van der Waals surface area contributed by atoms with E-state index >= 15 is 0 Å². The van der Waals surface area contributed by atoms with Gasteiger partial charge in [-0.1, -0.05) is 30.3 Å². The van der Waals surface area contributed by atoms with Crippen LogP contribution in [0.5, 0.6) is 11.5 Å². The number of hydrogen-bond donors (Lipinski definition) is 1. The van der Waals surface area contributed by atoms with E-state index in [1.165, 1.54) is 0 Å². The number of rotatable bonds is 6. The number of amides is 1. The van der Waals surface area contributed by atoms with Crippen LogP contribution in [0.4, 0.5) is 0 Å². The lowest BCUT2D eigenvalue weighted by molar-refractivity contribution is 0.0994. The van der Waals surface area contributed by atoms with E-state index < -0.39 is 5.91 Å². The number of ether oxygens (including phenoxy) is 3. The molecule has 1 aliphatic rings. The first-order valence-electron chi connectivity index (χ1n) is 7.57. The van der Waals surface area contributed by atoms with Gasteiger partial charge in [0.1, 0.15) is 24.2 Å². The second-order valence-electron chi connectivity index (χ2n) is 5.40. The van der Waals surface area contributed by atoms with Crippen molar-refractivity contribution in [2.75, 3.05) is 13.2 Å². The van der Waals surface area contributed by atoms with Crippen molar-refractivity contribution in [3.05, 3.63) is 59.7 Å². The highest BCUT2D eigenvalue weighted by molar-refractivity contribution is 5.96. The standard InChI is InChI=1S/C18H19NO4/c19-18(20)16-10-14(23-15-8-9-21-12-15)6-7-17(16)22-11-13-4-2-1-3-5-13/h1-7,10,15H,8-9,11-12H2,(H2,19,20)/t15-/m0/s1. The van der Waals surface area contributed by atoms with Gasteiger partial charge in [0, 0.05) is 6.42 Å². The van der Waals surface area contributed by atoms with Crippen molar-refractivity contribution in [3.8, 4) is 11.5 Å². The fourth-order valence-electron chi connectivity index (χ4n) is 2.43. The van der Waals surface area contributed by atoms with E-state index in [1.54, 1.807) is 18.2 Å². The predicted molar refractivity (Wildman–Crippen MR) is 85.6 cm³/mol. The Kier molecular flexibility index (Phi) is 4.78. The zero-order valence-electron chi connectivity index (χ0n) is 12.7. The number of carbonyl (C=O) groups is 1. The third-order valence-electron chi connectivity index (χ3n) is 3.64. The summed E-state index contributed by atoms with van der Waals surface area (Å²) in [6.07, 6.45) is 0.866. The summed E-state index contributed by atoms with van der Waals surface area (Å²) in [7, 11) is 0. The molecule has 0 spiro atoms. The van der Waals surface area contributed by atoms with Gasteiger partial charge in [0.05, 0.1) is 18.8 Å². The third-order valence-corrected chi connectivity index (χ3v) is 3.64. The number of carbonyl (C=O) groups excluding carboxylic acids is 1. The van der Waals surface area contributed by atoms with Gasteiger partial charge in [-0.15, -0.1) is 0 Å². The van der Waals surface area contributed by atoms with Gasteiger partial charge in [0.15, 0.2) is 0 Å². The normalized spacial score (nSPS) is 17.0. The molecule has 0 saturated carbocycles. The molecule has 1 saturated heterocycles. The molecular weight excluding hydrogens is 294 g/mol. The Hall–Kier alpha value is -2.53. The van der Waals surface area contributed by atoms with E-state index in [9.17, 15) is 4.79 Å². The summed E-state index contributed by atoms with van der Waals surface area (Å²) < 4.78 is 16.8. The number of nitrogens with two attached hydrogens (primary N) is 1. The third kappa shape index (κ3) is 4.02. The molecule has 0 unspecified atom stereocenters. The molecule has 2 aromatic rings. The maximum absolute atomic E-state index is 11.7. The van der Waals surface area contributed by atoms with Crippen LogP contribution >= 0.6 is 0 Å². The Morgan fingerprint density at radius 3 is 2.74 bits per heavy atom. The van der Waals surface area contributed by atoms with E-state index in [4.69, 9.17) is 19.9 Å². The number of benzene rings is 2. The minimum atomic E-state index is -0.541. The fraction of sp³-hybridized carbons (Fsp3) is 0.278. The molecule has 3 rings (SSSR count). The van der Waals surface area contributed by atoms with E-state index in [1.807, 2.05) is 30.3 Å². The van der Waals surface area contributed by atoms with Crippen LogP contribution in [0.1, 0.15) is 22.3 Å². The van der Waals surface area contributed by atoms with Gasteiger partial charge in [-0.2, -0.15) is 0 Å². The summed E-state index contributed by atoms with van der Waals surface area (Å²) in [6, 6.07) is 14.9. The zero-order chi connectivity index (χ0) is 16.1. The molecule has 120 valence electrons. The molecule has 0 bridgehead atoms. The Morgan fingerprint density at radius 2 is 2.04 bits per heavy atom. The first kappa shape index (κ1) is 15.4. The summed E-state index contributed by atoms with van der Waals surface area (Å²) in [4.78, 5) is 11.7. The summed E-state index contributed by atoms with van der Waals surface area (Å²) in [5.41, 5.74) is 6.80. The lowest BCUT2D eigenvalue weighted by atomic mass is 10.1. The first-order chi connectivity index (χ1) is 11.2. The van der Waals surface area contributed by atoms with Gasteiger partial charge >= 0.3 is 0 Å². The molecule has 1 atom stereocenters. The van der Waals surface area contributed by atoms with Crippen LogP contribution in [0.2, 0.25) is 0 Å². The number of hydrogen-bond acceptors (Lipinski definition) is 4. The molecular formula is C18H19NO4. The van der Waals surface area contributed by atoms with Crippen molar-refractivity contribution in [2.45, 2.75) is 19.1 Å². The van der Waals surface area contributed by atoms with E-state index in [0.29, 0.717) is 36.9 Å². The highest BCUT2D eigenvalue weighted by Crippen LogP contribution is 2.26. The molecule has 1 heterocycles. The molecule has 0 aliphatic carbocycles. The first-order valence-corrected chi connectivity index (χ1v) is 7.57. The van der Waals surface area contributed by atoms with Crippen LogP contribution in [-0.2, 0) is 11.3 Å². The topological polar surface area (TPSA) is 70.8 Å². The average molecular weight is 313 g/mol. The van der Waals surface area contributed by atoms with Gasteiger partial charge in [-0.3, -0.25) is 4.79 Å². The van der Waals surface area contributed by atoms with Crippen LogP contribution in [0.3, 0.4) is 0 Å². The SMILES string of the molecule is NC(=O)c1cc(O[C@H]2CCOC2)ccc1OCc1ccccc1. The Bertz CT molecular complexity index is 666. The molecule has 5 nitrogen and oxygen atoms in total. The van der Waals surface area contributed by atoms with Crippen molar-refractivity contribution in [2.24, 2.45) is 5.73 Å². The Balaban J connectivity index is 1.72. The molecule has 5 heteroatoms. The molecule has 1 fully saturated rings. The van der Waals surface area contributed by atoms with Crippen molar-refractivity contribution in [3.63, 3.8) is 0 Å². The van der Waals surface area contributed by atoms with Gasteiger partial charge < -0.3 is 19.9 Å². The van der Waals surface area contributed by atoms with Crippen LogP contribution < -0.4 is 15.2 Å². The largest absolute Gasteiger partial charge is 0.488 e. The van der Waals surface area contributed by atoms with E-state index in [0.717, 1.165) is 12.0 Å². The molecule has 23 heavy (non-hydrogen) atoms. The average Bonchev–Trinajstić information content (AvgIpc) is 3.07. The number of primary amides is 1. The monoisotopic (exact) mass is 313 g/mol.